The van der Waals surface area contributed by atoms with Crippen LogP contribution in [0.5, 0.6) is 0 Å². The van der Waals surface area contributed by atoms with Gasteiger partial charge in [-0.3, -0.25) is 4.79 Å². The number of hydrogen-bond donors (Lipinski definition) is 3. The summed E-state index contributed by atoms with van der Waals surface area (Å²) in [4.78, 5) is 28.6. The van der Waals surface area contributed by atoms with Gasteiger partial charge < -0.3 is 15.4 Å². The molecule has 6 nitrogen and oxygen atoms in total. The number of hydrogen-bond acceptors (Lipinski definition) is 3. The molecule has 98 valence electrons. The number of benzene rings is 1. The number of carboxylic acid groups (broad SMARTS) is 1. The van der Waals surface area contributed by atoms with Crippen molar-refractivity contribution in [2.45, 2.75) is 6.54 Å². The van der Waals surface area contributed by atoms with Gasteiger partial charge in [0.15, 0.2) is 11.4 Å². The number of carbonyl (C=O) groups excluding carboxylic acids is 1. The number of carboxylic acids is 1. The lowest BCUT2D eigenvalue weighted by Crippen LogP contribution is -2.25. The van der Waals surface area contributed by atoms with Gasteiger partial charge in [-0.2, -0.15) is 0 Å². The van der Waals surface area contributed by atoms with E-state index in [2.05, 4.69) is 15.3 Å². The minimum absolute atomic E-state index is 0.158. The Morgan fingerprint density at radius 1 is 1.32 bits per heavy atom. The fourth-order valence-corrected chi connectivity index (χ4v) is 1.50. The molecule has 7 heteroatoms. The van der Waals surface area contributed by atoms with Crippen LogP contribution in [0, 0.1) is 5.82 Å². The van der Waals surface area contributed by atoms with Gasteiger partial charge >= 0.3 is 5.97 Å². The van der Waals surface area contributed by atoms with E-state index >= 15 is 0 Å². The molecular weight excluding hydrogens is 253 g/mol. The number of aromatic amines is 1. The summed E-state index contributed by atoms with van der Waals surface area (Å²) in [6.45, 7) is 0.158. The van der Waals surface area contributed by atoms with Gasteiger partial charge in [-0.15, -0.1) is 0 Å². The summed E-state index contributed by atoms with van der Waals surface area (Å²) in [5, 5.41) is 11.3. The zero-order valence-electron chi connectivity index (χ0n) is 9.68. The highest BCUT2D eigenvalue weighted by Gasteiger charge is 2.19. The highest BCUT2D eigenvalue weighted by Crippen LogP contribution is 2.05. The zero-order valence-corrected chi connectivity index (χ0v) is 9.68. The first-order valence-electron chi connectivity index (χ1n) is 5.37. The van der Waals surface area contributed by atoms with Crippen LogP contribution in [0.3, 0.4) is 0 Å². The van der Waals surface area contributed by atoms with E-state index in [-0.39, 0.29) is 23.7 Å². The lowest BCUT2D eigenvalue weighted by atomic mass is 10.2. The predicted molar refractivity (Wildman–Crippen MR) is 63.1 cm³/mol. The number of H-pyrrole nitrogens is 1. The quantitative estimate of drug-likeness (QED) is 0.771. The smallest absolute Gasteiger partial charge is 0.354 e. The minimum atomic E-state index is -1.26. The van der Waals surface area contributed by atoms with E-state index in [1.165, 1.54) is 24.3 Å². The number of halogens is 1. The lowest BCUT2D eigenvalue weighted by Gasteiger charge is -2.04. The molecule has 1 aromatic carbocycles. The molecule has 0 aliphatic carbocycles. The van der Waals surface area contributed by atoms with Crippen LogP contribution >= 0.6 is 0 Å². The van der Waals surface area contributed by atoms with Gasteiger partial charge in [0, 0.05) is 6.54 Å². The molecule has 0 spiro atoms. The van der Waals surface area contributed by atoms with Crippen molar-refractivity contribution in [3.63, 3.8) is 0 Å². The van der Waals surface area contributed by atoms with Gasteiger partial charge in [0.2, 0.25) is 0 Å². The Kier molecular flexibility index (Phi) is 3.56. The molecule has 0 unspecified atom stereocenters. The third-order valence-electron chi connectivity index (χ3n) is 2.43. The van der Waals surface area contributed by atoms with Crippen LogP contribution in [0.1, 0.15) is 26.5 Å². The molecule has 2 aromatic rings. The van der Waals surface area contributed by atoms with Crippen molar-refractivity contribution < 1.29 is 19.1 Å². The molecule has 1 amide bonds. The molecule has 0 saturated heterocycles. The van der Waals surface area contributed by atoms with Gasteiger partial charge in [0.05, 0.1) is 6.33 Å². The molecule has 0 aliphatic rings. The summed E-state index contributed by atoms with van der Waals surface area (Å²) >= 11 is 0. The Balaban J connectivity index is 2.03. The number of aromatic carboxylic acids is 1. The number of carbonyl (C=O) groups is 2. The molecule has 0 fully saturated rings. The summed E-state index contributed by atoms with van der Waals surface area (Å²) in [6, 6.07) is 5.61. The van der Waals surface area contributed by atoms with Crippen LogP contribution < -0.4 is 5.32 Å². The number of rotatable bonds is 4. The van der Waals surface area contributed by atoms with E-state index < -0.39 is 11.9 Å². The van der Waals surface area contributed by atoms with Crippen LogP contribution in [0.4, 0.5) is 4.39 Å². The van der Waals surface area contributed by atoms with Crippen LogP contribution in [-0.4, -0.2) is 27.0 Å². The topological polar surface area (TPSA) is 95.1 Å². The average molecular weight is 263 g/mol. The van der Waals surface area contributed by atoms with E-state index in [1.54, 1.807) is 0 Å². The van der Waals surface area contributed by atoms with Crippen molar-refractivity contribution in [2.24, 2.45) is 0 Å². The first-order chi connectivity index (χ1) is 9.08. The van der Waals surface area contributed by atoms with Crippen molar-refractivity contribution in [1.82, 2.24) is 15.3 Å². The SMILES string of the molecule is O=C(NCc1ccc(F)cc1)c1nc[nH]c1C(=O)O. The number of imidazole rings is 1. The molecule has 3 N–H and O–H groups in total. The third-order valence-corrected chi connectivity index (χ3v) is 2.43. The van der Waals surface area contributed by atoms with E-state index in [0.29, 0.717) is 5.56 Å². The molecule has 0 atom stereocenters. The third kappa shape index (κ3) is 2.95. The maximum Gasteiger partial charge on any atom is 0.354 e. The summed E-state index contributed by atoms with van der Waals surface area (Å²) < 4.78 is 12.7. The maximum atomic E-state index is 12.7. The van der Waals surface area contributed by atoms with Crippen LogP contribution in [0.15, 0.2) is 30.6 Å². The normalized spacial score (nSPS) is 10.2. The number of amides is 1. The second kappa shape index (κ2) is 5.30. The molecule has 0 saturated carbocycles. The van der Waals surface area contributed by atoms with Gasteiger partial charge in [0.25, 0.3) is 5.91 Å². The van der Waals surface area contributed by atoms with Gasteiger partial charge in [-0.25, -0.2) is 14.2 Å². The molecule has 1 aromatic heterocycles. The van der Waals surface area contributed by atoms with Crippen molar-refractivity contribution in [3.05, 3.63) is 53.4 Å². The van der Waals surface area contributed by atoms with Crippen LogP contribution in [0.25, 0.3) is 0 Å². The Morgan fingerprint density at radius 3 is 2.63 bits per heavy atom. The van der Waals surface area contributed by atoms with E-state index in [0.717, 1.165) is 6.33 Å². The number of nitrogens with one attached hydrogen (secondary N) is 2. The Hall–Kier alpha value is -2.70. The Labute approximate surface area is 107 Å². The predicted octanol–water partition coefficient (Wildman–Crippen LogP) is 1.18. The van der Waals surface area contributed by atoms with E-state index in [4.69, 9.17) is 5.11 Å². The minimum Gasteiger partial charge on any atom is -0.477 e. The van der Waals surface area contributed by atoms with Gasteiger partial charge in [0.1, 0.15) is 5.82 Å². The molecule has 2 rings (SSSR count). The second-order valence-electron chi connectivity index (χ2n) is 3.74. The summed E-state index contributed by atoms with van der Waals surface area (Å²) in [5.41, 5.74) is 0.244. The van der Waals surface area contributed by atoms with E-state index in [1.807, 2.05) is 0 Å². The van der Waals surface area contributed by atoms with Gasteiger partial charge in [-0.05, 0) is 17.7 Å². The first-order valence-corrected chi connectivity index (χ1v) is 5.37. The van der Waals surface area contributed by atoms with Crippen molar-refractivity contribution in [2.75, 3.05) is 0 Å². The monoisotopic (exact) mass is 263 g/mol. The number of aromatic nitrogens is 2. The molecule has 0 aliphatic heterocycles. The molecule has 0 bridgehead atoms. The molecular formula is C12H10FN3O3. The highest BCUT2D eigenvalue weighted by atomic mass is 19.1. The highest BCUT2D eigenvalue weighted by molar-refractivity contribution is 6.02. The summed E-state index contributed by atoms with van der Waals surface area (Å²) in [7, 11) is 0. The Morgan fingerprint density at radius 2 is 2.00 bits per heavy atom. The molecule has 19 heavy (non-hydrogen) atoms. The van der Waals surface area contributed by atoms with Crippen LogP contribution in [-0.2, 0) is 6.54 Å². The van der Waals surface area contributed by atoms with Crippen LogP contribution in [0.2, 0.25) is 0 Å². The maximum absolute atomic E-state index is 12.7. The summed E-state index contributed by atoms with van der Waals surface area (Å²) in [5.74, 6) is -2.23. The zero-order chi connectivity index (χ0) is 13.8. The second-order valence-corrected chi connectivity index (χ2v) is 3.74. The van der Waals surface area contributed by atoms with Crippen molar-refractivity contribution >= 4 is 11.9 Å². The molecule has 1 heterocycles. The van der Waals surface area contributed by atoms with E-state index in [9.17, 15) is 14.0 Å². The molecule has 0 radical (unpaired) electrons. The van der Waals surface area contributed by atoms with Gasteiger partial charge in [-0.1, -0.05) is 12.1 Å². The fourth-order valence-electron chi connectivity index (χ4n) is 1.50. The van der Waals surface area contributed by atoms with Crippen molar-refractivity contribution in [1.29, 1.82) is 0 Å². The first kappa shape index (κ1) is 12.7. The summed E-state index contributed by atoms with van der Waals surface area (Å²) in [6.07, 6.45) is 1.14. The lowest BCUT2D eigenvalue weighted by molar-refractivity contribution is 0.0685. The standard InChI is InChI=1S/C12H10FN3O3/c13-8-3-1-7(2-4-8)5-14-11(17)9-10(12(18)19)16-6-15-9/h1-4,6H,5H2,(H,14,17)(H,15,16)(H,18,19). The largest absolute Gasteiger partial charge is 0.477 e. The van der Waals surface area contributed by atoms with Crippen molar-refractivity contribution in [3.8, 4) is 0 Å². The Bertz CT molecular complexity index is 607. The fraction of sp³-hybridized carbons (Fsp3) is 0.0833. The number of nitrogens with zero attached hydrogens (tertiary/aromatic N) is 1. The average Bonchev–Trinajstić information content (AvgIpc) is 2.87.